The first kappa shape index (κ1) is 27.9. The van der Waals surface area contributed by atoms with Crippen LogP contribution < -0.4 is 5.73 Å². The number of nitrogens with zero attached hydrogens (tertiary/aromatic N) is 4. The minimum atomic E-state index is -1.67. The number of rotatable bonds is 7. The molecule has 3 fully saturated rings. The number of aromatic nitrogens is 3. The fourth-order valence-electron chi connectivity index (χ4n) is 5.59. The molecule has 0 bridgehead atoms. The summed E-state index contributed by atoms with van der Waals surface area (Å²) in [6, 6.07) is 5.83. The van der Waals surface area contributed by atoms with Gasteiger partial charge in [0.25, 0.3) is 0 Å². The zero-order chi connectivity index (χ0) is 27.5. The van der Waals surface area contributed by atoms with Gasteiger partial charge in [-0.05, 0) is 65.0 Å². The quantitative estimate of drug-likeness (QED) is 0.281. The van der Waals surface area contributed by atoms with Gasteiger partial charge in [0.2, 0.25) is 17.4 Å². The van der Waals surface area contributed by atoms with E-state index < -0.39 is 36.9 Å². The van der Waals surface area contributed by atoms with Crippen molar-refractivity contribution in [2.75, 3.05) is 12.3 Å². The second-order valence-corrected chi connectivity index (χ2v) is 13.8. The number of allylic oxidation sites excluding steroid dienone is 1. The minimum Gasteiger partial charge on any atom is -0.382 e. The SMILES string of the molecule is C=C(C)C1CCC(C)(S)C(O[P+](=S)OCC2OC(C#N)(c3ccc4c(N)ncnn34)C3OC(C)(C)OC23)C1. The van der Waals surface area contributed by atoms with E-state index in [1.807, 2.05) is 6.92 Å². The predicted molar refractivity (Wildman–Crippen MR) is 148 cm³/mol. The number of fused-ring (bicyclic) bond motifs is 2. The van der Waals surface area contributed by atoms with E-state index in [0.29, 0.717) is 22.9 Å². The van der Waals surface area contributed by atoms with Gasteiger partial charge in [0.15, 0.2) is 11.6 Å². The molecule has 10 nitrogen and oxygen atoms in total. The molecule has 13 heteroatoms. The molecule has 0 amide bonds. The van der Waals surface area contributed by atoms with Crippen LogP contribution in [0.4, 0.5) is 5.82 Å². The smallest absolute Gasteiger partial charge is 0.382 e. The first-order valence-corrected chi connectivity index (χ1v) is 15.2. The Labute approximate surface area is 233 Å². The highest BCUT2D eigenvalue weighted by atomic mass is 32.4. The van der Waals surface area contributed by atoms with Crippen molar-refractivity contribution in [1.29, 1.82) is 5.26 Å². The predicted octanol–water partition coefficient (Wildman–Crippen LogP) is 4.19. The lowest BCUT2D eigenvalue weighted by Crippen LogP contribution is -2.41. The molecule has 0 spiro atoms. The number of hydrogen-bond donors (Lipinski definition) is 2. The van der Waals surface area contributed by atoms with Crippen molar-refractivity contribution in [3.05, 3.63) is 36.3 Å². The van der Waals surface area contributed by atoms with Gasteiger partial charge in [0, 0.05) is 4.75 Å². The van der Waals surface area contributed by atoms with Gasteiger partial charge in [0.1, 0.15) is 48.9 Å². The molecule has 2 aliphatic heterocycles. The highest BCUT2D eigenvalue weighted by Crippen LogP contribution is 2.50. The first-order valence-electron chi connectivity index (χ1n) is 12.5. The summed E-state index contributed by atoms with van der Waals surface area (Å²) in [7, 11) is -1.67. The maximum Gasteiger partial charge on any atom is 0.522 e. The van der Waals surface area contributed by atoms with Gasteiger partial charge in [-0.3, -0.25) is 0 Å². The fraction of sp³-hybridized carbons (Fsp3) is 0.640. The molecule has 1 aliphatic carbocycles. The van der Waals surface area contributed by atoms with Crippen LogP contribution >= 0.6 is 19.8 Å². The number of nitrogens with two attached hydrogens (primary N) is 1. The third kappa shape index (κ3) is 4.88. The van der Waals surface area contributed by atoms with Gasteiger partial charge in [-0.25, -0.2) is 9.50 Å². The van der Waals surface area contributed by atoms with Crippen LogP contribution in [-0.2, 0) is 40.7 Å². The zero-order valence-electron chi connectivity index (χ0n) is 21.9. The number of nitriles is 1. The van der Waals surface area contributed by atoms with E-state index in [4.69, 9.17) is 53.4 Å². The van der Waals surface area contributed by atoms with Gasteiger partial charge < -0.3 is 19.9 Å². The van der Waals surface area contributed by atoms with Crippen LogP contribution in [0.1, 0.15) is 52.7 Å². The van der Waals surface area contributed by atoms with Gasteiger partial charge in [0.05, 0.1) is 5.69 Å². The summed E-state index contributed by atoms with van der Waals surface area (Å²) in [4.78, 5) is 4.03. The topological polar surface area (TPSA) is 126 Å². The largest absolute Gasteiger partial charge is 0.522 e. The lowest BCUT2D eigenvalue weighted by Gasteiger charge is -2.38. The summed E-state index contributed by atoms with van der Waals surface area (Å²) in [6.07, 6.45) is 1.94. The van der Waals surface area contributed by atoms with E-state index in [-0.39, 0.29) is 17.5 Å². The second-order valence-electron chi connectivity index (χ2n) is 11.0. The molecule has 0 aromatic carbocycles. The third-order valence-electron chi connectivity index (χ3n) is 7.71. The maximum atomic E-state index is 10.5. The van der Waals surface area contributed by atoms with Crippen LogP contribution in [0.15, 0.2) is 30.6 Å². The van der Waals surface area contributed by atoms with Gasteiger partial charge >= 0.3 is 7.15 Å². The molecular formula is C25H33N5O5PS2+. The Hall–Kier alpha value is -1.68. The molecule has 2 N–H and O–H groups in total. The van der Waals surface area contributed by atoms with E-state index in [0.717, 1.165) is 24.8 Å². The Bertz CT molecular complexity index is 1310. The van der Waals surface area contributed by atoms with E-state index in [1.165, 1.54) is 6.33 Å². The van der Waals surface area contributed by atoms with Crippen molar-refractivity contribution < 1.29 is 23.3 Å². The lowest BCUT2D eigenvalue weighted by atomic mass is 9.77. The van der Waals surface area contributed by atoms with Gasteiger partial charge in [-0.1, -0.05) is 12.2 Å². The Morgan fingerprint density at radius 3 is 2.84 bits per heavy atom. The number of thiol groups is 1. The normalized spacial score (nSPS) is 36.6. The average molecular weight is 579 g/mol. The van der Waals surface area contributed by atoms with Crippen LogP contribution in [0.5, 0.6) is 0 Å². The van der Waals surface area contributed by atoms with Crippen molar-refractivity contribution in [2.45, 2.75) is 87.5 Å². The third-order valence-corrected chi connectivity index (χ3v) is 9.58. The molecule has 8 atom stereocenters. The van der Waals surface area contributed by atoms with Crippen molar-refractivity contribution in [1.82, 2.24) is 14.6 Å². The molecule has 204 valence electrons. The van der Waals surface area contributed by atoms with Crippen molar-refractivity contribution in [2.24, 2.45) is 5.92 Å². The van der Waals surface area contributed by atoms with Gasteiger partial charge in [-0.15, -0.1) is 9.05 Å². The molecule has 8 unspecified atom stereocenters. The standard InChI is InChI=1S/C25H32N5O5PS2/c1-14(2)15-8-9-24(5,37)19(10-15)35-36(38)31-11-17-20-21(34-23(3,4)33-20)25(12-26,32-17)18-7-6-16-22(27)28-13-29-30(16)18/h6-7,13,15,17,19-21H,1,8-11H2,2-5H3,(H2-,27,28,29,37)/p+1. The summed E-state index contributed by atoms with van der Waals surface area (Å²) < 4.78 is 32.3. The van der Waals surface area contributed by atoms with E-state index in [1.54, 1.807) is 30.5 Å². The van der Waals surface area contributed by atoms with Crippen LogP contribution in [0.3, 0.4) is 0 Å². The number of anilines is 1. The number of ether oxygens (including phenoxy) is 3. The van der Waals surface area contributed by atoms with Crippen LogP contribution in [-0.4, -0.2) is 56.2 Å². The maximum absolute atomic E-state index is 10.5. The van der Waals surface area contributed by atoms with Crippen molar-refractivity contribution in [3.8, 4) is 6.07 Å². The number of hydrogen-bond acceptors (Lipinski definition) is 11. The molecule has 2 saturated heterocycles. The summed E-state index contributed by atoms with van der Waals surface area (Å²) in [5.41, 5.74) is 6.68. The summed E-state index contributed by atoms with van der Waals surface area (Å²) in [6.45, 7) is 11.9. The molecule has 38 heavy (non-hydrogen) atoms. The molecule has 2 aromatic rings. The summed E-state index contributed by atoms with van der Waals surface area (Å²) >= 11 is 10.5. The lowest BCUT2D eigenvalue weighted by molar-refractivity contribution is -0.203. The van der Waals surface area contributed by atoms with E-state index in [2.05, 4.69) is 29.7 Å². The molecule has 5 rings (SSSR count). The van der Waals surface area contributed by atoms with Crippen LogP contribution in [0.25, 0.3) is 5.52 Å². The molecule has 4 heterocycles. The molecule has 2 aromatic heterocycles. The highest BCUT2D eigenvalue weighted by molar-refractivity contribution is 8.00. The van der Waals surface area contributed by atoms with E-state index >= 15 is 0 Å². The van der Waals surface area contributed by atoms with Crippen LogP contribution in [0.2, 0.25) is 0 Å². The fourth-order valence-corrected chi connectivity index (χ4v) is 7.32. The average Bonchev–Trinajstić information content (AvgIpc) is 3.50. The highest BCUT2D eigenvalue weighted by Gasteiger charge is 2.65. The Morgan fingerprint density at radius 2 is 2.13 bits per heavy atom. The Kier molecular flexibility index (Phi) is 7.38. The monoisotopic (exact) mass is 578 g/mol. The Balaban J connectivity index is 1.35. The van der Waals surface area contributed by atoms with Gasteiger partial charge in [-0.2, -0.15) is 23.0 Å². The van der Waals surface area contributed by atoms with Crippen molar-refractivity contribution >= 4 is 42.9 Å². The minimum absolute atomic E-state index is 0.0690. The number of nitrogen functional groups attached to an aromatic ring is 1. The second kappa shape index (κ2) is 10.1. The molecule has 3 aliphatic rings. The molecular weight excluding hydrogens is 545 g/mol. The molecule has 1 saturated carbocycles. The van der Waals surface area contributed by atoms with E-state index in [9.17, 15) is 5.26 Å². The van der Waals surface area contributed by atoms with Crippen LogP contribution in [0, 0.1) is 17.2 Å². The summed E-state index contributed by atoms with van der Waals surface area (Å²) in [5.74, 6) is -0.266. The Morgan fingerprint density at radius 1 is 1.37 bits per heavy atom. The summed E-state index contributed by atoms with van der Waals surface area (Å²) in [5, 5.41) is 14.8. The molecule has 0 radical (unpaired) electrons. The first-order chi connectivity index (χ1) is 17.9. The van der Waals surface area contributed by atoms with Crippen molar-refractivity contribution in [3.63, 3.8) is 0 Å². The zero-order valence-corrected chi connectivity index (χ0v) is 24.5.